The molecule has 0 aliphatic rings. The van der Waals surface area contributed by atoms with Gasteiger partial charge >= 0.3 is 0 Å². The summed E-state index contributed by atoms with van der Waals surface area (Å²) in [6.07, 6.45) is -0.383. The Morgan fingerprint density at radius 3 is 2.79 bits per heavy atom. The monoisotopic (exact) mass is 280 g/mol. The van der Waals surface area contributed by atoms with Crippen LogP contribution in [0.2, 0.25) is 0 Å². The standard InChI is InChI=1S/C13H20N4OS/c1-4-14-13-16-11(15-7-10(18)8(2)3)9-5-6-19-12(9)17-13/h5-6,8,10,18H,4,7H2,1-3H3,(H2,14,15,16,17). The second kappa shape index (κ2) is 6.16. The predicted molar refractivity (Wildman–Crippen MR) is 80.9 cm³/mol. The summed E-state index contributed by atoms with van der Waals surface area (Å²) in [5.74, 6) is 1.63. The van der Waals surface area contributed by atoms with Gasteiger partial charge in [-0.05, 0) is 24.3 Å². The minimum Gasteiger partial charge on any atom is -0.391 e. The molecule has 6 heteroatoms. The second-order valence-corrected chi connectivity index (χ2v) is 5.65. The molecule has 104 valence electrons. The average Bonchev–Trinajstić information content (AvgIpc) is 2.84. The lowest BCUT2D eigenvalue weighted by atomic mass is 10.1. The molecule has 0 aromatic carbocycles. The van der Waals surface area contributed by atoms with E-state index in [1.807, 2.05) is 32.2 Å². The van der Waals surface area contributed by atoms with Crippen LogP contribution in [-0.4, -0.2) is 34.3 Å². The molecular formula is C13H20N4OS. The van der Waals surface area contributed by atoms with Crippen molar-refractivity contribution in [3.8, 4) is 0 Å². The number of nitrogens with one attached hydrogen (secondary N) is 2. The van der Waals surface area contributed by atoms with Gasteiger partial charge in [0, 0.05) is 13.1 Å². The van der Waals surface area contributed by atoms with Crippen molar-refractivity contribution in [2.75, 3.05) is 23.7 Å². The molecular weight excluding hydrogens is 260 g/mol. The van der Waals surface area contributed by atoms with Crippen molar-refractivity contribution in [2.45, 2.75) is 26.9 Å². The van der Waals surface area contributed by atoms with Crippen LogP contribution in [-0.2, 0) is 0 Å². The van der Waals surface area contributed by atoms with Gasteiger partial charge in [-0.15, -0.1) is 11.3 Å². The molecule has 0 amide bonds. The maximum absolute atomic E-state index is 9.86. The predicted octanol–water partition coefficient (Wildman–Crippen LogP) is 2.55. The number of nitrogens with zero attached hydrogens (tertiary/aromatic N) is 2. The summed E-state index contributed by atoms with van der Waals surface area (Å²) in [4.78, 5) is 9.85. The Hall–Kier alpha value is -1.40. The summed E-state index contributed by atoms with van der Waals surface area (Å²) in [6, 6.07) is 2.00. The summed E-state index contributed by atoms with van der Waals surface area (Å²) in [7, 11) is 0. The zero-order valence-electron chi connectivity index (χ0n) is 11.5. The number of thiophene rings is 1. The minimum atomic E-state index is -0.383. The van der Waals surface area contributed by atoms with Crippen LogP contribution >= 0.6 is 11.3 Å². The van der Waals surface area contributed by atoms with E-state index in [4.69, 9.17) is 0 Å². The van der Waals surface area contributed by atoms with Gasteiger partial charge in [0.05, 0.1) is 11.5 Å². The van der Waals surface area contributed by atoms with Gasteiger partial charge in [0.25, 0.3) is 0 Å². The van der Waals surface area contributed by atoms with Crippen molar-refractivity contribution in [2.24, 2.45) is 5.92 Å². The van der Waals surface area contributed by atoms with Crippen LogP contribution in [0.1, 0.15) is 20.8 Å². The van der Waals surface area contributed by atoms with Crippen LogP contribution in [0.25, 0.3) is 10.2 Å². The van der Waals surface area contributed by atoms with Gasteiger partial charge in [-0.3, -0.25) is 0 Å². The van der Waals surface area contributed by atoms with Gasteiger partial charge in [0.15, 0.2) is 0 Å². The van der Waals surface area contributed by atoms with Crippen molar-refractivity contribution >= 4 is 33.3 Å². The van der Waals surface area contributed by atoms with E-state index in [-0.39, 0.29) is 12.0 Å². The van der Waals surface area contributed by atoms with Gasteiger partial charge < -0.3 is 15.7 Å². The average molecular weight is 280 g/mol. The molecule has 2 rings (SSSR count). The Morgan fingerprint density at radius 1 is 1.32 bits per heavy atom. The number of rotatable bonds is 6. The van der Waals surface area contributed by atoms with E-state index in [2.05, 4.69) is 20.6 Å². The molecule has 19 heavy (non-hydrogen) atoms. The molecule has 1 atom stereocenters. The first-order chi connectivity index (χ1) is 9.11. The molecule has 0 aliphatic carbocycles. The van der Waals surface area contributed by atoms with Crippen molar-refractivity contribution in [1.29, 1.82) is 0 Å². The lowest BCUT2D eigenvalue weighted by Crippen LogP contribution is -2.25. The highest BCUT2D eigenvalue weighted by molar-refractivity contribution is 7.16. The van der Waals surface area contributed by atoms with Crippen molar-refractivity contribution in [3.05, 3.63) is 11.4 Å². The quantitative estimate of drug-likeness (QED) is 0.758. The van der Waals surface area contributed by atoms with Crippen molar-refractivity contribution in [1.82, 2.24) is 9.97 Å². The lowest BCUT2D eigenvalue weighted by Gasteiger charge is -2.16. The Bertz CT molecular complexity index is 540. The van der Waals surface area contributed by atoms with Crippen LogP contribution in [0.5, 0.6) is 0 Å². The molecule has 2 aromatic rings. The van der Waals surface area contributed by atoms with E-state index in [9.17, 15) is 5.11 Å². The molecule has 0 saturated heterocycles. The Kier molecular flexibility index (Phi) is 4.55. The number of hydrogen-bond donors (Lipinski definition) is 3. The summed E-state index contributed by atoms with van der Waals surface area (Å²) in [6.45, 7) is 7.28. The van der Waals surface area contributed by atoms with Crippen molar-refractivity contribution in [3.63, 3.8) is 0 Å². The molecule has 2 aromatic heterocycles. The third-order valence-corrected chi connectivity index (χ3v) is 3.71. The zero-order valence-corrected chi connectivity index (χ0v) is 12.3. The summed E-state index contributed by atoms with van der Waals surface area (Å²) in [5, 5.41) is 19.2. The number of aromatic nitrogens is 2. The smallest absolute Gasteiger partial charge is 0.226 e. The maximum Gasteiger partial charge on any atom is 0.226 e. The van der Waals surface area contributed by atoms with Gasteiger partial charge in [-0.2, -0.15) is 4.98 Å². The van der Waals surface area contributed by atoms with Crippen LogP contribution in [0.3, 0.4) is 0 Å². The largest absolute Gasteiger partial charge is 0.391 e. The molecule has 0 radical (unpaired) electrons. The Balaban J connectivity index is 2.22. The first kappa shape index (κ1) is 14.0. The van der Waals surface area contributed by atoms with E-state index in [1.54, 1.807) is 11.3 Å². The van der Waals surface area contributed by atoms with Gasteiger partial charge in [0.2, 0.25) is 5.95 Å². The number of anilines is 2. The highest BCUT2D eigenvalue weighted by Crippen LogP contribution is 2.26. The second-order valence-electron chi connectivity index (χ2n) is 4.76. The first-order valence-electron chi connectivity index (χ1n) is 6.52. The van der Waals surface area contributed by atoms with Crippen LogP contribution in [0.4, 0.5) is 11.8 Å². The van der Waals surface area contributed by atoms with E-state index in [0.717, 1.165) is 22.6 Å². The molecule has 2 heterocycles. The normalized spacial score (nSPS) is 12.9. The molecule has 3 N–H and O–H groups in total. The number of fused-ring (bicyclic) bond motifs is 1. The minimum absolute atomic E-state index is 0.223. The number of aliphatic hydroxyl groups excluding tert-OH is 1. The highest BCUT2D eigenvalue weighted by atomic mass is 32.1. The van der Waals surface area contributed by atoms with Crippen molar-refractivity contribution < 1.29 is 5.11 Å². The highest BCUT2D eigenvalue weighted by Gasteiger charge is 2.12. The zero-order chi connectivity index (χ0) is 13.8. The van der Waals surface area contributed by atoms with Gasteiger partial charge in [-0.25, -0.2) is 4.98 Å². The Morgan fingerprint density at radius 2 is 2.11 bits per heavy atom. The topological polar surface area (TPSA) is 70.1 Å². The van der Waals surface area contributed by atoms with E-state index < -0.39 is 0 Å². The molecule has 1 unspecified atom stereocenters. The summed E-state index contributed by atoms with van der Waals surface area (Å²) < 4.78 is 0. The Labute approximate surface area is 117 Å². The fourth-order valence-corrected chi connectivity index (χ4v) is 2.43. The van der Waals surface area contributed by atoms with Gasteiger partial charge in [-0.1, -0.05) is 13.8 Å². The summed E-state index contributed by atoms with van der Waals surface area (Å²) >= 11 is 1.59. The fraction of sp³-hybridized carbons (Fsp3) is 0.538. The maximum atomic E-state index is 9.86. The van der Waals surface area contributed by atoms with Crippen LogP contribution in [0.15, 0.2) is 11.4 Å². The molecule has 0 saturated carbocycles. The SMILES string of the molecule is CCNc1nc(NCC(O)C(C)C)c2ccsc2n1. The van der Waals surface area contributed by atoms with Crippen LogP contribution in [0, 0.1) is 5.92 Å². The number of hydrogen-bond acceptors (Lipinski definition) is 6. The molecule has 0 fully saturated rings. The van der Waals surface area contributed by atoms with Gasteiger partial charge in [0.1, 0.15) is 10.6 Å². The van der Waals surface area contributed by atoms with E-state index in [0.29, 0.717) is 12.5 Å². The molecule has 0 aliphatic heterocycles. The molecule has 0 bridgehead atoms. The molecule has 0 spiro atoms. The first-order valence-corrected chi connectivity index (χ1v) is 7.40. The fourth-order valence-electron chi connectivity index (χ4n) is 1.66. The van der Waals surface area contributed by atoms with E-state index >= 15 is 0 Å². The third kappa shape index (κ3) is 3.33. The lowest BCUT2D eigenvalue weighted by molar-refractivity contribution is 0.138. The molecule has 5 nitrogen and oxygen atoms in total. The summed E-state index contributed by atoms with van der Waals surface area (Å²) in [5.41, 5.74) is 0. The van der Waals surface area contributed by atoms with Crippen LogP contribution < -0.4 is 10.6 Å². The van der Waals surface area contributed by atoms with E-state index in [1.165, 1.54) is 0 Å². The number of aliphatic hydroxyl groups is 1. The third-order valence-electron chi connectivity index (χ3n) is 2.91.